The zero-order valence-corrected chi connectivity index (χ0v) is 16.5. The van der Waals surface area contributed by atoms with Crippen LogP contribution in [0.4, 0.5) is 0 Å². The van der Waals surface area contributed by atoms with Gasteiger partial charge in [0.25, 0.3) is 0 Å². The van der Waals surface area contributed by atoms with Gasteiger partial charge >= 0.3 is 0 Å². The molecule has 0 saturated carbocycles. The van der Waals surface area contributed by atoms with E-state index in [-0.39, 0.29) is 0 Å². The first-order valence-electron chi connectivity index (χ1n) is 9.45. The molecular formula is C20H26N4O2S. The van der Waals surface area contributed by atoms with E-state index >= 15 is 0 Å². The van der Waals surface area contributed by atoms with Gasteiger partial charge in [-0.1, -0.05) is 18.2 Å². The molecule has 0 spiro atoms. The van der Waals surface area contributed by atoms with Gasteiger partial charge in [-0.15, -0.1) is 0 Å². The summed E-state index contributed by atoms with van der Waals surface area (Å²) in [4.78, 5) is 9.46. The van der Waals surface area contributed by atoms with Crippen LogP contribution >= 0.6 is 0 Å². The van der Waals surface area contributed by atoms with Crippen LogP contribution in [-0.2, 0) is 29.5 Å². The molecule has 2 aliphatic heterocycles. The number of nitrogens with zero attached hydrogens (tertiary/aromatic N) is 4. The van der Waals surface area contributed by atoms with E-state index in [1.807, 2.05) is 24.3 Å². The molecule has 1 aromatic carbocycles. The zero-order chi connectivity index (χ0) is 18.9. The third-order valence-corrected chi connectivity index (χ3v) is 7.36. The monoisotopic (exact) mass is 386 g/mol. The Kier molecular flexibility index (Phi) is 5.27. The average Bonchev–Trinajstić information content (AvgIpc) is 2.70. The number of pyridine rings is 1. The van der Waals surface area contributed by atoms with Gasteiger partial charge in [-0.3, -0.25) is 9.88 Å². The van der Waals surface area contributed by atoms with Gasteiger partial charge in [0.2, 0.25) is 10.0 Å². The minimum Gasteiger partial charge on any atom is -0.304 e. The van der Waals surface area contributed by atoms with Crippen molar-refractivity contribution in [2.45, 2.75) is 24.4 Å². The van der Waals surface area contributed by atoms with Crippen LogP contribution in [0.1, 0.15) is 16.8 Å². The first-order valence-corrected chi connectivity index (χ1v) is 10.9. The van der Waals surface area contributed by atoms with Crippen LogP contribution in [0.25, 0.3) is 0 Å². The fourth-order valence-corrected chi connectivity index (χ4v) is 5.12. The third-order valence-electron chi connectivity index (χ3n) is 5.50. The molecule has 0 bridgehead atoms. The molecule has 0 unspecified atom stereocenters. The lowest BCUT2D eigenvalue weighted by Crippen LogP contribution is -2.43. The lowest BCUT2D eigenvalue weighted by atomic mass is 10.1. The highest BCUT2D eigenvalue weighted by atomic mass is 32.2. The number of rotatable bonds is 4. The highest BCUT2D eigenvalue weighted by Crippen LogP contribution is 2.24. The third kappa shape index (κ3) is 4.06. The SMILES string of the molecule is CN1CCN(Cc2ccc(S(=O)(=O)N3CCc4cccnc4C3)cc2)CC1. The van der Waals surface area contributed by atoms with Crippen molar-refractivity contribution in [2.24, 2.45) is 0 Å². The maximum absolute atomic E-state index is 13.0. The molecular weight excluding hydrogens is 360 g/mol. The first-order chi connectivity index (χ1) is 13.0. The van der Waals surface area contributed by atoms with Crippen molar-refractivity contribution < 1.29 is 8.42 Å². The molecule has 0 aliphatic carbocycles. The smallest absolute Gasteiger partial charge is 0.243 e. The summed E-state index contributed by atoms with van der Waals surface area (Å²) in [5.74, 6) is 0. The number of fused-ring (bicyclic) bond motifs is 1. The van der Waals surface area contributed by atoms with Crippen LogP contribution in [0.3, 0.4) is 0 Å². The molecule has 27 heavy (non-hydrogen) atoms. The Morgan fingerprint density at radius 1 is 1.00 bits per heavy atom. The summed E-state index contributed by atoms with van der Waals surface area (Å²) in [5.41, 5.74) is 3.16. The van der Waals surface area contributed by atoms with Crippen LogP contribution in [0.15, 0.2) is 47.5 Å². The molecule has 0 amide bonds. The van der Waals surface area contributed by atoms with Gasteiger partial charge in [0.1, 0.15) is 0 Å². The molecule has 0 atom stereocenters. The Balaban J connectivity index is 1.45. The van der Waals surface area contributed by atoms with Crippen LogP contribution < -0.4 is 0 Å². The van der Waals surface area contributed by atoms with Crippen LogP contribution in [0, 0.1) is 0 Å². The van der Waals surface area contributed by atoms with Gasteiger partial charge < -0.3 is 4.90 Å². The predicted octanol–water partition coefficient (Wildman–Crippen LogP) is 1.58. The molecule has 4 rings (SSSR count). The summed E-state index contributed by atoms with van der Waals surface area (Å²) in [6.07, 6.45) is 2.44. The summed E-state index contributed by atoms with van der Waals surface area (Å²) >= 11 is 0. The lowest BCUT2D eigenvalue weighted by molar-refractivity contribution is 0.148. The summed E-state index contributed by atoms with van der Waals surface area (Å²) in [5, 5.41) is 0. The number of likely N-dealkylation sites (N-methyl/N-ethyl adjacent to an activating group) is 1. The number of hydrogen-bond donors (Lipinski definition) is 0. The summed E-state index contributed by atoms with van der Waals surface area (Å²) in [6.45, 7) is 5.99. The largest absolute Gasteiger partial charge is 0.304 e. The first kappa shape index (κ1) is 18.6. The van der Waals surface area contributed by atoms with Crippen molar-refractivity contribution in [1.29, 1.82) is 0 Å². The van der Waals surface area contributed by atoms with Gasteiger partial charge in [0.05, 0.1) is 17.1 Å². The Hall–Kier alpha value is -1.80. The summed E-state index contributed by atoms with van der Waals surface area (Å²) < 4.78 is 27.6. The standard InChI is InChI=1S/C20H26N4O2S/c1-22-11-13-23(14-12-22)15-17-4-6-19(7-5-17)27(25,26)24-10-8-18-3-2-9-21-20(18)16-24/h2-7,9H,8,10-16H2,1H3. The number of benzene rings is 1. The van der Waals surface area contributed by atoms with Crippen molar-refractivity contribution in [3.05, 3.63) is 59.4 Å². The van der Waals surface area contributed by atoms with Crippen molar-refractivity contribution in [1.82, 2.24) is 19.1 Å². The summed E-state index contributed by atoms with van der Waals surface area (Å²) in [7, 11) is -1.34. The topological polar surface area (TPSA) is 56.8 Å². The minimum atomic E-state index is -3.49. The number of hydrogen-bond acceptors (Lipinski definition) is 5. The Bertz CT molecular complexity index is 890. The van der Waals surface area contributed by atoms with Crippen molar-refractivity contribution in [2.75, 3.05) is 39.8 Å². The molecule has 0 radical (unpaired) electrons. The average molecular weight is 387 g/mol. The van der Waals surface area contributed by atoms with Crippen LogP contribution in [-0.4, -0.2) is 67.3 Å². The second-order valence-corrected chi connectivity index (χ2v) is 9.36. The van der Waals surface area contributed by atoms with Crippen molar-refractivity contribution in [3.8, 4) is 0 Å². The van der Waals surface area contributed by atoms with E-state index < -0.39 is 10.0 Å². The molecule has 144 valence electrons. The second kappa shape index (κ2) is 7.67. The van der Waals surface area contributed by atoms with Crippen molar-refractivity contribution in [3.63, 3.8) is 0 Å². The van der Waals surface area contributed by atoms with E-state index in [1.54, 1.807) is 18.3 Å². The molecule has 1 saturated heterocycles. The molecule has 2 aliphatic rings. The normalized spacial score (nSPS) is 19.7. The van der Waals surface area contributed by atoms with Gasteiger partial charge in [-0.05, 0) is 42.8 Å². The summed E-state index contributed by atoms with van der Waals surface area (Å²) in [6, 6.07) is 11.3. The van der Waals surface area contributed by atoms with E-state index in [1.165, 1.54) is 4.31 Å². The van der Waals surface area contributed by atoms with Gasteiger partial charge in [-0.25, -0.2) is 8.42 Å². The van der Waals surface area contributed by atoms with E-state index in [2.05, 4.69) is 21.8 Å². The lowest BCUT2D eigenvalue weighted by Gasteiger charge is -2.32. The highest BCUT2D eigenvalue weighted by molar-refractivity contribution is 7.89. The highest BCUT2D eigenvalue weighted by Gasteiger charge is 2.28. The Labute approximate surface area is 161 Å². The molecule has 3 heterocycles. The minimum absolute atomic E-state index is 0.349. The molecule has 1 aromatic heterocycles. The Morgan fingerprint density at radius 2 is 1.74 bits per heavy atom. The van der Waals surface area contributed by atoms with Crippen LogP contribution in [0.2, 0.25) is 0 Å². The Morgan fingerprint density at radius 3 is 2.48 bits per heavy atom. The van der Waals surface area contributed by atoms with Crippen molar-refractivity contribution >= 4 is 10.0 Å². The zero-order valence-electron chi connectivity index (χ0n) is 15.7. The number of aromatic nitrogens is 1. The molecule has 0 N–H and O–H groups in total. The van der Waals surface area contributed by atoms with Gasteiger partial charge in [-0.2, -0.15) is 4.31 Å². The maximum Gasteiger partial charge on any atom is 0.243 e. The van der Waals surface area contributed by atoms with Gasteiger partial charge in [0, 0.05) is 45.5 Å². The second-order valence-electron chi connectivity index (χ2n) is 7.42. The van der Waals surface area contributed by atoms with Gasteiger partial charge in [0.15, 0.2) is 0 Å². The number of sulfonamides is 1. The van der Waals surface area contributed by atoms with E-state index in [9.17, 15) is 8.42 Å². The fraction of sp³-hybridized carbons (Fsp3) is 0.450. The maximum atomic E-state index is 13.0. The van der Waals surface area contributed by atoms with E-state index in [4.69, 9.17) is 0 Å². The number of piperazine rings is 1. The molecule has 6 nitrogen and oxygen atoms in total. The molecule has 7 heteroatoms. The predicted molar refractivity (Wildman–Crippen MR) is 105 cm³/mol. The quantitative estimate of drug-likeness (QED) is 0.799. The fourth-order valence-electron chi connectivity index (χ4n) is 3.72. The molecule has 1 fully saturated rings. The van der Waals surface area contributed by atoms with Crippen LogP contribution in [0.5, 0.6) is 0 Å². The van der Waals surface area contributed by atoms with E-state index in [0.29, 0.717) is 24.4 Å². The molecule has 2 aromatic rings. The van der Waals surface area contributed by atoms with E-state index in [0.717, 1.165) is 49.5 Å².